The maximum atomic E-state index is 5.88. The maximum Gasteiger partial charge on any atom is 0.0796 e. The van der Waals surface area contributed by atoms with Gasteiger partial charge in [-0.3, -0.25) is 0 Å². The van der Waals surface area contributed by atoms with E-state index in [0.29, 0.717) is 0 Å². The molecule has 0 fully saturated rings. The van der Waals surface area contributed by atoms with Gasteiger partial charge in [0, 0.05) is 6.61 Å². The molecule has 0 spiro atoms. The average molecular weight is 268 g/mol. The molecule has 0 aromatic heterocycles. The van der Waals surface area contributed by atoms with E-state index in [-0.39, 0.29) is 6.10 Å². The highest BCUT2D eigenvalue weighted by Crippen LogP contribution is 2.23. The Balaban J connectivity index is 1.94. The van der Waals surface area contributed by atoms with Gasteiger partial charge in [-0.05, 0) is 30.0 Å². The van der Waals surface area contributed by atoms with Crippen molar-refractivity contribution in [1.82, 2.24) is 0 Å². The van der Waals surface area contributed by atoms with E-state index in [1.807, 2.05) is 6.07 Å². The van der Waals surface area contributed by atoms with Crippen molar-refractivity contribution < 1.29 is 4.74 Å². The van der Waals surface area contributed by atoms with Crippen LogP contribution in [0, 0.1) is 0 Å². The molecule has 0 saturated heterocycles. The lowest BCUT2D eigenvalue weighted by Crippen LogP contribution is -2.01. The average Bonchev–Trinajstić information content (AvgIpc) is 2.52. The molecule has 0 heterocycles. The van der Waals surface area contributed by atoms with Gasteiger partial charge >= 0.3 is 0 Å². The monoisotopic (exact) mass is 268 g/mol. The molecule has 106 valence electrons. The summed E-state index contributed by atoms with van der Waals surface area (Å²) < 4.78 is 5.88. The number of rotatable bonds is 7. The lowest BCUT2D eigenvalue weighted by atomic mass is 10.0. The summed E-state index contributed by atoms with van der Waals surface area (Å²) in [5.74, 6) is 0. The molecule has 2 aromatic rings. The summed E-state index contributed by atoms with van der Waals surface area (Å²) in [5, 5.41) is 0. The predicted molar refractivity (Wildman–Crippen MR) is 85.8 cm³/mol. The second-order valence-electron chi connectivity index (χ2n) is 5.21. The first kappa shape index (κ1) is 14.8. The Hall–Kier alpha value is -1.60. The second-order valence-corrected chi connectivity index (χ2v) is 5.21. The lowest BCUT2D eigenvalue weighted by Gasteiger charge is -2.14. The molecule has 0 saturated carbocycles. The van der Waals surface area contributed by atoms with Crippen molar-refractivity contribution in [3.8, 4) is 11.1 Å². The molecule has 1 heteroatoms. The SMILES string of the molecule is CCCCCOC(C)c1ccc(-c2ccccc2)cc1. The minimum Gasteiger partial charge on any atom is -0.374 e. The lowest BCUT2D eigenvalue weighted by molar-refractivity contribution is 0.0630. The zero-order chi connectivity index (χ0) is 14.2. The van der Waals surface area contributed by atoms with Gasteiger partial charge < -0.3 is 4.74 Å². The third-order valence-corrected chi connectivity index (χ3v) is 3.60. The number of ether oxygens (including phenoxy) is 1. The van der Waals surface area contributed by atoms with Crippen LogP contribution in [-0.2, 0) is 4.74 Å². The fourth-order valence-electron chi connectivity index (χ4n) is 2.29. The highest BCUT2D eigenvalue weighted by atomic mass is 16.5. The van der Waals surface area contributed by atoms with Gasteiger partial charge in [0.25, 0.3) is 0 Å². The van der Waals surface area contributed by atoms with Crippen LogP contribution in [0.3, 0.4) is 0 Å². The number of benzene rings is 2. The topological polar surface area (TPSA) is 9.23 Å². The van der Waals surface area contributed by atoms with Crippen LogP contribution in [0.2, 0.25) is 0 Å². The van der Waals surface area contributed by atoms with Gasteiger partial charge in [0.2, 0.25) is 0 Å². The highest BCUT2D eigenvalue weighted by Gasteiger charge is 2.05. The van der Waals surface area contributed by atoms with Crippen molar-refractivity contribution in [2.45, 2.75) is 39.2 Å². The molecule has 0 aliphatic heterocycles. The maximum absolute atomic E-state index is 5.88. The summed E-state index contributed by atoms with van der Waals surface area (Å²) in [7, 11) is 0. The van der Waals surface area contributed by atoms with Crippen molar-refractivity contribution in [3.63, 3.8) is 0 Å². The first-order valence-electron chi connectivity index (χ1n) is 7.58. The summed E-state index contributed by atoms with van der Waals surface area (Å²) in [6, 6.07) is 19.2. The first-order valence-corrected chi connectivity index (χ1v) is 7.58. The molecule has 20 heavy (non-hydrogen) atoms. The molecule has 0 amide bonds. The predicted octanol–water partition coefficient (Wildman–Crippen LogP) is 5.62. The quantitative estimate of drug-likeness (QED) is 0.592. The molecular weight excluding hydrogens is 244 g/mol. The van der Waals surface area contributed by atoms with E-state index in [1.165, 1.54) is 29.5 Å². The molecular formula is C19H24O. The second kappa shape index (κ2) is 7.86. The van der Waals surface area contributed by atoms with Crippen LogP contribution >= 0.6 is 0 Å². The summed E-state index contributed by atoms with van der Waals surface area (Å²) in [6.07, 6.45) is 3.82. The molecule has 0 aliphatic carbocycles. The fraction of sp³-hybridized carbons (Fsp3) is 0.368. The minimum absolute atomic E-state index is 0.177. The van der Waals surface area contributed by atoms with Crippen LogP contribution in [0.1, 0.15) is 44.8 Å². The summed E-state index contributed by atoms with van der Waals surface area (Å²) in [5.41, 5.74) is 3.77. The van der Waals surface area contributed by atoms with Gasteiger partial charge in [-0.25, -0.2) is 0 Å². The Morgan fingerprint density at radius 2 is 1.50 bits per heavy atom. The van der Waals surface area contributed by atoms with Gasteiger partial charge in [-0.15, -0.1) is 0 Å². The van der Waals surface area contributed by atoms with Crippen LogP contribution in [0.15, 0.2) is 54.6 Å². The van der Waals surface area contributed by atoms with E-state index < -0.39 is 0 Å². The van der Waals surface area contributed by atoms with Crippen molar-refractivity contribution in [3.05, 3.63) is 60.2 Å². The van der Waals surface area contributed by atoms with Crippen molar-refractivity contribution in [2.75, 3.05) is 6.61 Å². The molecule has 0 aliphatic rings. The Morgan fingerprint density at radius 1 is 0.850 bits per heavy atom. The van der Waals surface area contributed by atoms with Crippen molar-refractivity contribution >= 4 is 0 Å². The number of hydrogen-bond acceptors (Lipinski definition) is 1. The van der Waals surface area contributed by atoms with Crippen molar-refractivity contribution in [1.29, 1.82) is 0 Å². The molecule has 2 aromatic carbocycles. The minimum atomic E-state index is 0.177. The van der Waals surface area contributed by atoms with E-state index in [1.54, 1.807) is 0 Å². The molecule has 0 bridgehead atoms. The van der Waals surface area contributed by atoms with Gasteiger partial charge in [0.1, 0.15) is 0 Å². The largest absolute Gasteiger partial charge is 0.374 e. The van der Waals surface area contributed by atoms with Crippen LogP contribution in [0.5, 0.6) is 0 Å². The molecule has 1 atom stereocenters. The third-order valence-electron chi connectivity index (χ3n) is 3.60. The van der Waals surface area contributed by atoms with E-state index in [2.05, 4.69) is 62.4 Å². The van der Waals surface area contributed by atoms with Gasteiger partial charge in [0.05, 0.1) is 6.10 Å². The molecule has 0 N–H and O–H groups in total. The first-order chi connectivity index (χ1) is 9.81. The normalized spacial score (nSPS) is 12.3. The summed E-state index contributed by atoms with van der Waals surface area (Å²) >= 11 is 0. The van der Waals surface area contributed by atoms with Crippen LogP contribution < -0.4 is 0 Å². The Kier molecular flexibility index (Phi) is 5.82. The van der Waals surface area contributed by atoms with Crippen LogP contribution in [0.25, 0.3) is 11.1 Å². The van der Waals surface area contributed by atoms with Gasteiger partial charge in [-0.1, -0.05) is 74.4 Å². The van der Waals surface area contributed by atoms with E-state index in [9.17, 15) is 0 Å². The molecule has 2 rings (SSSR count). The zero-order valence-electron chi connectivity index (χ0n) is 12.5. The van der Waals surface area contributed by atoms with E-state index >= 15 is 0 Å². The Morgan fingerprint density at radius 3 is 2.15 bits per heavy atom. The zero-order valence-corrected chi connectivity index (χ0v) is 12.5. The van der Waals surface area contributed by atoms with E-state index in [4.69, 9.17) is 4.74 Å². The summed E-state index contributed by atoms with van der Waals surface area (Å²) in [4.78, 5) is 0. The van der Waals surface area contributed by atoms with Gasteiger partial charge in [-0.2, -0.15) is 0 Å². The number of hydrogen-bond donors (Lipinski definition) is 0. The van der Waals surface area contributed by atoms with Crippen LogP contribution in [-0.4, -0.2) is 6.61 Å². The molecule has 1 nitrogen and oxygen atoms in total. The van der Waals surface area contributed by atoms with E-state index in [0.717, 1.165) is 13.0 Å². The van der Waals surface area contributed by atoms with Crippen molar-refractivity contribution in [2.24, 2.45) is 0 Å². The summed E-state index contributed by atoms with van der Waals surface area (Å²) in [6.45, 7) is 5.20. The van der Waals surface area contributed by atoms with Crippen LogP contribution in [0.4, 0.5) is 0 Å². The standard InChI is InChI=1S/C19H24O/c1-3-4-8-15-20-16(2)17-11-13-19(14-12-17)18-9-6-5-7-10-18/h5-7,9-14,16H,3-4,8,15H2,1-2H3. The highest BCUT2D eigenvalue weighted by molar-refractivity contribution is 5.63. The number of unbranched alkanes of at least 4 members (excludes halogenated alkanes) is 2. The fourth-order valence-corrected chi connectivity index (χ4v) is 2.29. The molecule has 1 unspecified atom stereocenters. The molecule has 0 radical (unpaired) electrons. The Bertz CT molecular complexity index is 487. The Labute approximate surface area is 122 Å². The van der Waals surface area contributed by atoms with Gasteiger partial charge in [0.15, 0.2) is 0 Å². The third kappa shape index (κ3) is 4.21. The smallest absolute Gasteiger partial charge is 0.0796 e.